The largest absolute Gasteiger partial charge is 0.507 e. The summed E-state index contributed by atoms with van der Waals surface area (Å²) < 4.78 is 11.0. The minimum atomic E-state index is 0.0626. The van der Waals surface area contributed by atoms with Crippen molar-refractivity contribution in [2.75, 3.05) is 14.2 Å². The van der Waals surface area contributed by atoms with E-state index in [-0.39, 0.29) is 11.5 Å². The van der Waals surface area contributed by atoms with Gasteiger partial charge in [0, 0.05) is 21.7 Å². The van der Waals surface area contributed by atoms with E-state index in [4.69, 9.17) is 9.47 Å². The van der Waals surface area contributed by atoms with Crippen molar-refractivity contribution in [1.82, 2.24) is 0 Å². The molecule has 0 heterocycles. The van der Waals surface area contributed by atoms with E-state index >= 15 is 0 Å². The molecule has 0 aliphatic carbocycles. The first kappa shape index (κ1) is 16.1. The van der Waals surface area contributed by atoms with E-state index in [1.165, 1.54) is 0 Å². The molecule has 0 atom stereocenters. The van der Waals surface area contributed by atoms with Crippen LogP contribution in [0.5, 0.6) is 23.0 Å². The van der Waals surface area contributed by atoms with Gasteiger partial charge in [0.1, 0.15) is 23.0 Å². The highest BCUT2D eigenvalue weighted by Gasteiger charge is 2.21. The highest BCUT2D eigenvalue weighted by molar-refractivity contribution is 6.04. The smallest absolute Gasteiger partial charge is 0.135 e. The van der Waals surface area contributed by atoms with E-state index in [1.54, 1.807) is 20.3 Å². The molecule has 0 saturated heterocycles. The minimum absolute atomic E-state index is 0.0626. The molecule has 4 nitrogen and oxygen atoms in total. The number of rotatable bonds is 3. The zero-order valence-corrected chi connectivity index (χ0v) is 14.5. The Bertz CT molecular complexity index is 1130. The van der Waals surface area contributed by atoms with Crippen LogP contribution in [-0.2, 0) is 0 Å². The van der Waals surface area contributed by atoms with Gasteiger partial charge in [-0.3, -0.25) is 0 Å². The summed E-state index contributed by atoms with van der Waals surface area (Å²) in [5, 5.41) is 24.9. The normalized spacial score (nSPS) is 11.0. The van der Waals surface area contributed by atoms with E-state index in [2.05, 4.69) is 0 Å². The third-order valence-electron chi connectivity index (χ3n) is 4.67. The van der Waals surface area contributed by atoms with E-state index in [1.807, 2.05) is 54.6 Å². The fourth-order valence-electron chi connectivity index (χ4n) is 3.41. The molecular formula is C22H18O4. The van der Waals surface area contributed by atoms with Gasteiger partial charge in [0.15, 0.2) is 0 Å². The van der Waals surface area contributed by atoms with Crippen molar-refractivity contribution >= 4 is 21.5 Å². The van der Waals surface area contributed by atoms with Gasteiger partial charge in [-0.2, -0.15) is 0 Å². The van der Waals surface area contributed by atoms with Gasteiger partial charge in [-0.1, -0.05) is 48.5 Å². The van der Waals surface area contributed by atoms with Gasteiger partial charge in [0.05, 0.1) is 19.8 Å². The maximum atomic E-state index is 10.9. The van der Waals surface area contributed by atoms with Gasteiger partial charge in [0.2, 0.25) is 0 Å². The molecule has 0 bridgehead atoms. The maximum absolute atomic E-state index is 10.9. The first-order chi connectivity index (χ1) is 12.7. The van der Waals surface area contributed by atoms with E-state index in [0.29, 0.717) is 33.4 Å². The average Bonchev–Trinajstić information content (AvgIpc) is 2.69. The zero-order valence-electron chi connectivity index (χ0n) is 14.5. The molecule has 0 unspecified atom stereocenters. The molecule has 4 aromatic rings. The van der Waals surface area contributed by atoms with Crippen molar-refractivity contribution in [3.8, 4) is 34.1 Å². The maximum Gasteiger partial charge on any atom is 0.135 e. The molecule has 0 fully saturated rings. The lowest BCUT2D eigenvalue weighted by molar-refractivity contribution is 0.410. The van der Waals surface area contributed by atoms with Crippen LogP contribution in [0.25, 0.3) is 32.7 Å². The third kappa shape index (κ3) is 2.30. The van der Waals surface area contributed by atoms with Crippen LogP contribution in [0.1, 0.15) is 0 Å². The fourth-order valence-corrected chi connectivity index (χ4v) is 3.41. The number of phenols is 2. The van der Waals surface area contributed by atoms with Crippen molar-refractivity contribution < 1.29 is 19.7 Å². The number of phenolic OH excluding ortho intramolecular Hbond substituents is 2. The Morgan fingerprint density at radius 2 is 1.27 bits per heavy atom. The van der Waals surface area contributed by atoms with Gasteiger partial charge < -0.3 is 19.7 Å². The number of benzene rings is 4. The number of hydrogen-bond acceptors (Lipinski definition) is 4. The zero-order chi connectivity index (χ0) is 18.3. The second-order valence-electron chi connectivity index (χ2n) is 6.04. The second-order valence-corrected chi connectivity index (χ2v) is 6.04. The molecule has 0 aromatic heterocycles. The van der Waals surface area contributed by atoms with Crippen molar-refractivity contribution in [2.24, 2.45) is 0 Å². The van der Waals surface area contributed by atoms with Gasteiger partial charge in [-0.15, -0.1) is 0 Å². The van der Waals surface area contributed by atoms with Crippen LogP contribution >= 0.6 is 0 Å². The summed E-state index contributed by atoms with van der Waals surface area (Å²) in [4.78, 5) is 0. The van der Waals surface area contributed by atoms with Crippen molar-refractivity contribution in [3.63, 3.8) is 0 Å². The SMILES string of the molecule is COc1cc2ccccc2c(O)c1-c1cc(OC)c2ccccc2c1O. The number of aromatic hydroxyl groups is 2. The molecule has 130 valence electrons. The average molecular weight is 346 g/mol. The number of fused-ring (bicyclic) bond motifs is 2. The third-order valence-corrected chi connectivity index (χ3v) is 4.67. The lowest BCUT2D eigenvalue weighted by Crippen LogP contribution is -1.93. The number of methoxy groups -OCH3 is 2. The minimum Gasteiger partial charge on any atom is -0.507 e. The lowest BCUT2D eigenvalue weighted by atomic mass is 9.94. The Kier molecular flexibility index (Phi) is 3.81. The molecule has 2 N–H and O–H groups in total. The lowest BCUT2D eigenvalue weighted by Gasteiger charge is -2.17. The van der Waals surface area contributed by atoms with E-state index < -0.39 is 0 Å². The first-order valence-electron chi connectivity index (χ1n) is 8.23. The topological polar surface area (TPSA) is 58.9 Å². The molecule has 0 saturated carbocycles. The molecule has 4 aromatic carbocycles. The Morgan fingerprint density at radius 1 is 0.654 bits per heavy atom. The van der Waals surface area contributed by atoms with Crippen LogP contribution in [0.4, 0.5) is 0 Å². The molecular weight excluding hydrogens is 328 g/mol. The predicted octanol–water partition coefficient (Wildman–Crippen LogP) is 5.09. The molecule has 26 heavy (non-hydrogen) atoms. The summed E-state index contributed by atoms with van der Waals surface area (Å²) in [6.07, 6.45) is 0. The summed E-state index contributed by atoms with van der Waals surface area (Å²) in [6, 6.07) is 18.5. The van der Waals surface area contributed by atoms with Crippen molar-refractivity contribution in [1.29, 1.82) is 0 Å². The van der Waals surface area contributed by atoms with Crippen LogP contribution in [0.3, 0.4) is 0 Å². The van der Waals surface area contributed by atoms with Crippen LogP contribution in [0, 0.1) is 0 Å². The van der Waals surface area contributed by atoms with E-state index in [9.17, 15) is 10.2 Å². The van der Waals surface area contributed by atoms with Gasteiger partial charge >= 0.3 is 0 Å². The van der Waals surface area contributed by atoms with Gasteiger partial charge in [-0.05, 0) is 17.5 Å². The molecule has 0 aliphatic heterocycles. The Balaban J connectivity index is 2.13. The Labute approximate surface area is 150 Å². The van der Waals surface area contributed by atoms with E-state index in [0.717, 1.165) is 10.8 Å². The van der Waals surface area contributed by atoms with Crippen molar-refractivity contribution in [3.05, 3.63) is 60.7 Å². The Hall–Kier alpha value is -3.40. The van der Waals surface area contributed by atoms with Crippen LogP contribution in [0.2, 0.25) is 0 Å². The van der Waals surface area contributed by atoms with Crippen LogP contribution in [-0.4, -0.2) is 24.4 Å². The summed E-state index contributed by atoms with van der Waals surface area (Å²) in [7, 11) is 3.13. The molecule has 0 spiro atoms. The van der Waals surface area contributed by atoms with Crippen LogP contribution < -0.4 is 9.47 Å². The van der Waals surface area contributed by atoms with Gasteiger partial charge in [-0.25, -0.2) is 0 Å². The molecule has 4 heteroatoms. The summed E-state index contributed by atoms with van der Waals surface area (Å²) in [5.41, 5.74) is 0.897. The molecule has 0 amide bonds. The highest BCUT2D eigenvalue weighted by atomic mass is 16.5. The molecule has 0 aliphatic rings. The summed E-state index contributed by atoms with van der Waals surface area (Å²) in [5.74, 6) is 1.23. The summed E-state index contributed by atoms with van der Waals surface area (Å²) in [6.45, 7) is 0. The standard InChI is InChI=1S/C22H18O4/c1-25-18-12-17(21(23)16-10-6-5-9-15(16)18)20-19(26-2)11-13-7-3-4-8-14(13)22(20)24/h3-12,23-24H,1-2H3. The fraction of sp³-hybridized carbons (Fsp3) is 0.0909. The van der Waals surface area contributed by atoms with Crippen LogP contribution in [0.15, 0.2) is 60.7 Å². The molecule has 4 rings (SSSR count). The Morgan fingerprint density at radius 3 is 1.96 bits per heavy atom. The summed E-state index contributed by atoms with van der Waals surface area (Å²) >= 11 is 0. The number of hydrogen-bond donors (Lipinski definition) is 2. The number of ether oxygens (including phenoxy) is 2. The predicted molar refractivity (Wildman–Crippen MR) is 103 cm³/mol. The highest BCUT2D eigenvalue weighted by Crippen LogP contribution is 2.49. The second kappa shape index (κ2) is 6.15. The molecule has 0 radical (unpaired) electrons. The van der Waals surface area contributed by atoms with Crippen molar-refractivity contribution in [2.45, 2.75) is 0 Å². The van der Waals surface area contributed by atoms with Gasteiger partial charge in [0.25, 0.3) is 0 Å². The quantitative estimate of drug-likeness (QED) is 0.542. The first-order valence-corrected chi connectivity index (χ1v) is 8.23. The monoisotopic (exact) mass is 346 g/mol.